The highest BCUT2D eigenvalue weighted by molar-refractivity contribution is 5.94. The van der Waals surface area contributed by atoms with E-state index in [2.05, 4.69) is 4.90 Å². The fourth-order valence-corrected chi connectivity index (χ4v) is 3.63. The fraction of sp³-hybridized carbons (Fsp3) is 0.611. The van der Waals surface area contributed by atoms with Crippen LogP contribution in [0, 0.1) is 17.6 Å². The van der Waals surface area contributed by atoms with Crippen molar-refractivity contribution in [1.82, 2.24) is 9.80 Å². The molecule has 2 fully saturated rings. The summed E-state index contributed by atoms with van der Waals surface area (Å²) >= 11 is 0. The number of amides is 1. The maximum Gasteiger partial charge on any atom is 0.259 e. The number of piperidine rings is 1. The molecule has 0 saturated carbocycles. The van der Waals surface area contributed by atoms with Gasteiger partial charge in [-0.25, -0.2) is 8.78 Å². The highest BCUT2D eigenvalue weighted by Crippen LogP contribution is 2.22. The SMILES string of the molecule is CN(C(=O)c1c(F)cccc1F)C1CCN(C[C@@H]2CCOC2)CC1. The minimum Gasteiger partial charge on any atom is -0.381 e. The largest absolute Gasteiger partial charge is 0.381 e. The highest BCUT2D eigenvalue weighted by atomic mass is 19.1. The van der Waals surface area contributed by atoms with Crippen molar-refractivity contribution in [2.24, 2.45) is 5.92 Å². The molecular formula is C18H24F2N2O2. The molecule has 3 rings (SSSR count). The molecule has 0 aromatic heterocycles. The van der Waals surface area contributed by atoms with Crippen LogP contribution in [0.3, 0.4) is 0 Å². The molecule has 1 aromatic rings. The van der Waals surface area contributed by atoms with Crippen LogP contribution in [0.5, 0.6) is 0 Å². The molecule has 0 unspecified atom stereocenters. The van der Waals surface area contributed by atoms with Crippen LogP contribution in [-0.4, -0.2) is 61.6 Å². The first-order valence-corrected chi connectivity index (χ1v) is 8.57. The molecule has 0 N–H and O–H groups in total. The molecule has 132 valence electrons. The van der Waals surface area contributed by atoms with Gasteiger partial charge in [0.25, 0.3) is 5.91 Å². The summed E-state index contributed by atoms with van der Waals surface area (Å²) in [4.78, 5) is 16.4. The predicted octanol–water partition coefficient (Wildman–Crippen LogP) is 2.54. The Morgan fingerprint density at radius 2 is 1.92 bits per heavy atom. The Labute approximate surface area is 141 Å². The van der Waals surface area contributed by atoms with Crippen LogP contribution in [0.4, 0.5) is 8.78 Å². The van der Waals surface area contributed by atoms with E-state index >= 15 is 0 Å². The summed E-state index contributed by atoms with van der Waals surface area (Å²) in [6.07, 6.45) is 2.77. The Morgan fingerprint density at radius 3 is 2.50 bits per heavy atom. The molecule has 2 heterocycles. The zero-order chi connectivity index (χ0) is 17.1. The topological polar surface area (TPSA) is 32.8 Å². The van der Waals surface area contributed by atoms with Crippen LogP contribution in [0.15, 0.2) is 18.2 Å². The van der Waals surface area contributed by atoms with Crippen molar-refractivity contribution in [3.63, 3.8) is 0 Å². The van der Waals surface area contributed by atoms with Crippen molar-refractivity contribution < 1.29 is 18.3 Å². The van der Waals surface area contributed by atoms with Crippen molar-refractivity contribution in [3.8, 4) is 0 Å². The maximum absolute atomic E-state index is 13.8. The minimum absolute atomic E-state index is 0.0209. The van der Waals surface area contributed by atoms with E-state index in [0.717, 1.165) is 64.2 Å². The number of carbonyl (C=O) groups excluding carboxylic acids is 1. The van der Waals surface area contributed by atoms with Gasteiger partial charge in [-0.05, 0) is 37.3 Å². The first-order chi connectivity index (χ1) is 11.6. The third-order valence-electron chi connectivity index (χ3n) is 5.14. The van der Waals surface area contributed by atoms with Crippen LogP contribution >= 0.6 is 0 Å². The first kappa shape index (κ1) is 17.3. The summed E-state index contributed by atoms with van der Waals surface area (Å²) < 4.78 is 33.0. The number of nitrogens with zero attached hydrogens (tertiary/aromatic N) is 2. The van der Waals surface area contributed by atoms with Gasteiger partial charge < -0.3 is 14.5 Å². The molecule has 1 atom stereocenters. The summed E-state index contributed by atoms with van der Waals surface area (Å²) in [6.45, 7) is 4.53. The molecule has 2 saturated heterocycles. The van der Waals surface area contributed by atoms with E-state index < -0.39 is 23.1 Å². The van der Waals surface area contributed by atoms with Gasteiger partial charge in [0.2, 0.25) is 0 Å². The molecule has 0 spiro atoms. The number of benzene rings is 1. The Balaban J connectivity index is 1.56. The van der Waals surface area contributed by atoms with Gasteiger partial charge in [-0.2, -0.15) is 0 Å². The zero-order valence-corrected chi connectivity index (χ0v) is 14.0. The number of likely N-dealkylation sites (tertiary alicyclic amines) is 1. The first-order valence-electron chi connectivity index (χ1n) is 8.57. The summed E-state index contributed by atoms with van der Waals surface area (Å²) in [7, 11) is 1.64. The van der Waals surface area contributed by atoms with Crippen molar-refractivity contribution in [2.75, 3.05) is 39.9 Å². The molecule has 1 aromatic carbocycles. The van der Waals surface area contributed by atoms with E-state index in [0.29, 0.717) is 5.92 Å². The summed E-state index contributed by atoms with van der Waals surface area (Å²) in [5.41, 5.74) is -0.453. The lowest BCUT2D eigenvalue weighted by atomic mass is 10.0. The van der Waals surface area contributed by atoms with Gasteiger partial charge in [0.15, 0.2) is 0 Å². The molecule has 1 amide bonds. The van der Waals surface area contributed by atoms with Crippen LogP contribution in [0.25, 0.3) is 0 Å². The van der Waals surface area contributed by atoms with Gasteiger partial charge in [0, 0.05) is 39.3 Å². The lowest BCUT2D eigenvalue weighted by Gasteiger charge is -2.37. The van der Waals surface area contributed by atoms with Crippen LogP contribution in [0.1, 0.15) is 29.6 Å². The zero-order valence-electron chi connectivity index (χ0n) is 14.0. The monoisotopic (exact) mass is 338 g/mol. The third-order valence-corrected chi connectivity index (χ3v) is 5.14. The number of carbonyl (C=O) groups is 1. The smallest absolute Gasteiger partial charge is 0.259 e. The van der Waals surface area contributed by atoms with Gasteiger partial charge in [-0.1, -0.05) is 6.07 Å². The van der Waals surface area contributed by atoms with Gasteiger partial charge in [-0.3, -0.25) is 4.79 Å². The van der Waals surface area contributed by atoms with E-state index in [1.54, 1.807) is 7.05 Å². The number of hydrogen-bond donors (Lipinski definition) is 0. The lowest BCUT2D eigenvalue weighted by Crippen LogP contribution is -2.47. The Morgan fingerprint density at radius 1 is 1.25 bits per heavy atom. The molecule has 2 aliphatic heterocycles. The summed E-state index contributed by atoms with van der Waals surface area (Å²) in [5, 5.41) is 0. The Kier molecular flexibility index (Phi) is 5.46. The van der Waals surface area contributed by atoms with Crippen LogP contribution < -0.4 is 0 Å². The summed E-state index contributed by atoms with van der Waals surface area (Å²) in [6, 6.07) is 3.53. The Hall–Kier alpha value is -1.53. The molecule has 6 heteroatoms. The predicted molar refractivity (Wildman–Crippen MR) is 86.8 cm³/mol. The average Bonchev–Trinajstić information content (AvgIpc) is 3.07. The minimum atomic E-state index is -0.800. The van der Waals surface area contributed by atoms with E-state index in [4.69, 9.17) is 4.74 Å². The lowest BCUT2D eigenvalue weighted by molar-refractivity contribution is 0.0616. The molecule has 0 radical (unpaired) electrons. The number of ether oxygens (including phenoxy) is 1. The van der Waals surface area contributed by atoms with Gasteiger partial charge in [0.1, 0.15) is 17.2 Å². The fourth-order valence-electron chi connectivity index (χ4n) is 3.63. The number of rotatable bonds is 4. The van der Waals surface area contributed by atoms with Crippen molar-refractivity contribution in [3.05, 3.63) is 35.4 Å². The quantitative estimate of drug-likeness (QED) is 0.846. The maximum atomic E-state index is 13.8. The van der Waals surface area contributed by atoms with Crippen molar-refractivity contribution >= 4 is 5.91 Å². The average molecular weight is 338 g/mol. The molecule has 0 bridgehead atoms. The number of hydrogen-bond acceptors (Lipinski definition) is 3. The van der Waals surface area contributed by atoms with E-state index in [1.807, 2.05) is 0 Å². The molecule has 4 nitrogen and oxygen atoms in total. The van der Waals surface area contributed by atoms with E-state index in [9.17, 15) is 13.6 Å². The van der Waals surface area contributed by atoms with Crippen LogP contribution in [0.2, 0.25) is 0 Å². The molecule has 24 heavy (non-hydrogen) atoms. The van der Waals surface area contributed by atoms with Gasteiger partial charge >= 0.3 is 0 Å². The Bertz CT molecular complexity index is 562. The molecule has 2 aliphatic rings. The van der Waals surface area contributed by atoms with Crippen molar-refractivity contribution in [2.45, 2.75) is 25.3 Å². The van der Waals surface area contributed by atoms with Crippen LogP contribution in [-0.2, 0) is 4.74 Å². The normalized spacial score (nSPS) is 22.7. The second kappa shape index (κ2) is 7.57. The number of halogens is 2. The summed E-state index contributed by atoms with van der Waals surface area (Å²) in [5.74, 6) is -1.57. The van der Waals surface area contributed by atoms with E-state index in [-0.39, 0.29) is 6.04 Å². The molecular weight excluding hydrogens is 314 g/mol. The second-order valence-corrected chi connectivity index (χ2v) is 6.77. The van der Waals surface area contributed by atoms with Gasteiger partial charge in [0.05, 0.1) is 6.61 Å². The van der Waals surface area contributed by atoms with Crippen molar-refractivity contribution in [1.29, 1.82) is 0 Å². The molecule has 0 aliphatic carbocycles. The standard InChI is InChI=1S/C18H24F2N2O2/c1-21(18(23)17-15(19)3-2-4-16(17)20)14-5-8-22(9-6-14)11-13-7-10-24-12-13/h2-4,13-14H,5-12H2,1H3/t13-/m0/s1. The second-order valence-electron chi connectivity index (χ2n) is 6.77. The highest BCUT2D eigenvalue weighted by Gasteiger charge is 2.30. The third kappa shape index (κ3) is 3.75. The van der Waals surface area contributed by atoms with Gasteiger partial charge in [-0.15, -0.1) is 0 Å². The van der Waals surface area contributed by atoms with E-state index in [1.165, 1.54) is 11.0 Å².